The summed E-state index contributed by atoms with van der Waals surface area (Å²) in [6.45, 7) is 10.2. The van der Waals surface area contributed by atoms with Crippen molar-refractivity contribution in [3.8, 4) is 0 Å². The molecule has 1 heteroatoms. The third-order valence-corrected chi connectivity index (χ3v) is 2.65. The summed E-state index contributed by atoms with van der Waals surface area (Å²) in [5.74, 6) is 0.767. The van der Waals surface area contributed by atoms with Crippen LogP contribution in [0.2, 0.25) is 0 Å². The predicted octanol–water partition coefficient (Wildman–Crippen LogP) is 3.24. The van der Waals surface area contributed by atoms with Crippen LogP contribution < -0.4 is 0 Å². The molecule has 1 fully saturated rings. The van der Waals surface area contributed by atoms with E-state index in [0.29, 0.717) is 11.5 Å². The van der Waals surface area contributed by atoms with Crippen molar-refractivity contribution in [3.05, 3.63) is 0 Å². The van der Waals surface area contributed by atoms with Gasteiger partial charge in [-0.25, -0.2) is 0 Å². The van der Waals surface area contributed by atoms with Crippen LogP contribution in [0.5, 0.6) is 0 Å². The first-order valence-electron chi connectivity index (χ1n) is 5.11. The van der Waals surface area contributed by atoms with Gasteiger partial charge in [0.15, 0.2) is 0 Å². The van der Waals surface area contributed by atoms with Crippen LogP contribution in [0.4, 0.5) is 0 Å². The lowest BCUT2D eigenvalue weighted by atomic mass is 9.80. The Morgan fingerprint density at radius 3 is 2.58 bits per heavy atom. The molecule has 1 nitrogen and oxygen atoms in total. The molecule has 0 bridgehead atoms. The first-order valence-corrected chi connectivity index (χ1v) is 5.11. The topological polar surface area (TPSA) is 9.23 Å². The zero-order valence-electron chi connectivity index (χ0n) is 8.89. The van der Waals surface area contributed by atoms with E-state index in [-0.39, 0.29) is 0 Å². The van der Waals surface area contributed by atoms with Gasteiger partial charge in [0.05, 0.1) is 6.10 Å². The molecule has 12 heavy (non-hydrogen) atoms. The Bertz CT molecular complexity index is 138. The Labute approximate surface area is 76.5 Å². The van der Waals surface area contributed by atoms with Crippen molar-refractivity contribution in [2.45, 2.75) is 53.1 Å². The van der Waals surface area contributed by atoms with Crippen molar-refractivity contribution < 1.29 is 4.74 Å². The molecule has 0 N–H and O–H groups in total. The molecule has 0 amide bonds. The number of ether oxygens (including phenoxy) is 1. The van der Waals surface area contributed by atoms with Gasteiger partial charge in [-0.1, -0.05) is 27.7 Å². The zero-order chi connectivity index (χ0) is 9.19. The maximum atomic E-state index is 5.72. The highest BCUT2D eigenvalue weighted by Crippen LogP contribution is 2.34. The Hall–Kier alpha value is -0.0400. The Morgan fingerprint density at radius 2 is 2.08 bits per heavy atom. The van der Waals surface area contributed by atoms with Crippen LogP contribution in [0, 0.1) is 11.3 Å². The highest BCUT2D eigenvalue weighted by atomic mass is 16.5. The average Bonchev–Trinajstić information content (AvgIpc) is 1.82. The minimum atomic E-state index is 0.512. The summed E-state index contributed by atoms with van der Waals surface area (Å²) in [5.41, 5.74) is 0.512. The van der Waals surface area contributed by atoms with E-state index in [9.17, 15) is 0 Å². The highest BCUT2D eigenvalue weighted by Gasteiger charge is 2.28. The summed E-state index contributed by atoms with van der Waals surface area (Å²) < 4.78 is 5.72. The average molecular weight is 170 g/mol. The standard InChI is InChI=1S/C11H22O/c1-9(2)7-10-8-11(3,4)5-6-12-10/h9-10H,5-8H2,1-4H3/t10-/m1/s1. The highest BCUT2D eigenvalue weighted by molar-refractivity contribution is 4.78. The summed E-state index contributed by atoms with van der Waals surface area (Å²) in [6.07, 6.45) is 4.21. The largest absolute Gasteiger partial charge is 0.378 e. The van der Waals surface area contributed by atoms with Gasteiger partial charge in [0.25, 0.3) is 0 Å². The Balaban J connectivity index is 2.36. The molecule has 1 aliphatic rings. The summed E-state index contributed by atoms with van der Waals surface area (Å²) in [5, 5.41) is 0. The van der Waals surface area contributed by atoms with Gasteiger partial charge in [-0.15, -0.1) is 0 Å². The normalized spacial score (nSPS) is 29.2. The van der Waals surface area contributed by atoms with Crippen molar-refractivity contribution in [2.75, 3.05) is 6.61 Å². The molecule has 1 rings (SSSR count). The predicted molar refractivity (Wildman–Crippen MR) is 52.2 cm³/mol. The summed E-state index contributed by atoms with van der Waals surface area (Å²) >= 11 is 0. The molecular formula is C11H22O. The molecule has 0 spiro atoms. The van der Waals surface area contributed by atoms with Gasteiger partial charge in [0.1, 0.15) is 0 Å². The van der Waals surface area contributed by atoms with Gasteiger partial charge in [0, 0.05) is 6.61 Å². The van der Waals surface area contributed by atoms with Gasteiger partial charge in [-0.2, -0.15) is 0 Å². The van der Waals surface area contributed by atoms with Gasteiger partial charge in [-0.05, 0) is 30.6 Å². The van der Waals surface area contributed by atoms with Crippen LogP contribution in [0.15, 0.2) is 0 Å². The zero-order valence-corrected chi connectivity index (χ0v) is 8.89. The fourth-order valence-corrected chi connectivity index (χ4v) is 1.96. The lowest BCUT2D eigenvalue weighted by Crippen LogP contribution is -2.31. The van der Waals surface area contributed by atoms with E-state index in [1.807, 2.05) is 0 Å². The first-order chi connectivity index (χ1) is 5.49. The summed E-state index contributed by atoms with van der Waals surface area (Å²) in [4.78, 5) is 0. The van der Waals surface area contributed by atoms with Crippen LogP contribution in [0.25, 0.3) is 0 Å². The van der Waals surface area contributed by atoms with Gasteiger partial charge in [-0.3, -0.25) is 0 Å². The second-order valence-corrected chi connectivity index (χ2v) is 5.24. The molecular weight excluding hydrogens is 148 g/mol. The molecule has 0 aliphatic carbocycles. The maximum absolute atomic E-state index is 5.72. The lowest BCUT2D eigenvalue weighted by molar-refractivity contribution is -0.0445. The monoisotopic (exact) mass is 170 g/mol. The van der Waals surface area contributed by atoms with Crippen LogP contribution in [0.3, 0.4) is 0 Å². The smallest absolute Gasteiger partial charge is 0.0582 e. The van der Waals surface area contributed by atoms with Crippen molar-refractivity contribution in [1.29, 1.82) is 0 Å². The van der Waals surface area contributed by atoms with E-state index in [4.69, 9.17) is 4.74 Å². The van der Waals surface area contributed by atoms with E-state index in [1.165, 1.54) is 19.3 Å². The lowest BCUT2D eigenvalue weighted by Gasteiger charge is -2.36. The SMILES string of the molecule is CC(C)C[C@@H]1CC(C)(C)CCO1. The van der Waals surface area contributed by atoms with Crippen LogP contribution in [-0.2, 0) is 4.74 Å². The van der Waals surface area contributed by atoms with Gasteiger partial charge < -0.3 is 4.74 Å². The summed E-state index contributed by atoms with van der Waals surface area (Å²) in [6, 6.07) is 0. The molecule has 72 valence electrons. The third-order valence-electron chi connectivity index (χ3n) is 2.65. The van der Waals surface area contributed by atoms with Gasteiger partial charge in [0.2, 0.25) is 0 Å². The molecule has 0 aromatic rings. The molecule has 0 unspecified atom stereocenters. The maximum Gasteiger partial charge on any atom is 0.0582 e. The molecule has 1 saturated heterocycles. The quantitative estimate of drug-likeness (QED) is 0.618. The van der Waals surface area contributed by atoms with Crippen LogP contribution in [-0.4, -0.2) is 12.7 Å². The van der Waals surface area contributed by atoms with Crippen molar-refractivity contribution in [1.82, 2.24) is 0 Å². The third kappa shape index (κ3) is 3.14. The minimum Gasteiger partial charge on any atom is -0.378 e. The van der Waals surface area contributed by atoms with Crippen molar-refractivity contribution >= 4 is 0 Å². The Morgan fingerprint density at radius 1 is 1.42 bits per heavy atom. The van der Waals surface area contributed by atoms with E-state index >= 15 is 0 Å². The first kappa shape index (κ1) is 10.0. The van der Waals surface area contributed by atoms with E-state index in [1.54, 1.807) is 0 Å². The number of rotatable bonds is 2. The fraction of sp³-hybridized carbons (Fsp3) is 1.00. The molecule has 1 atom stereocenters. The molecule has 0 aromatic heterocycles. The molecule has 1 heterocycles. The Kier molecular flexibility index (Phi) is 3.16. The second kappa shape index (κ2) is 3.78. The molecule has 0 radical (unpaired) electrons. The van der Waals surface area contributed by atoms with E-state index < -0.39 is 0 Å². The van der Waals surface area contributed by atoms with Crippen LogP contribution >= 0.6 is 0 Å². The van der Waals surface area contributed by atoms with E-state index in [2.05, 4.69) is 27.7 Å². The molecule has 0 aromatic carbocycles. The van der Waals surface area contributed by atoms with Gasteiger partial charge >= 0.3 is 0 Å². The second-order valence-electron chi connectivity index (χ2n) is 5.24. The minimum absolute atomic E-state index is 0.512. The molecule has 1 aliphatic heterocycles. The summed E-state index contributed by atoms with van der Waals surface area (Å²) in [7, 11) is 0. The number of hydrogen-bond acceptors (Lipinski definition) is 1. The van der Waals surface area contributed by atoms with Crippen molar-refractivity contribution in [2.24, 2.45) is 11.3 Å². The van der Waals surface area contributed by atoms with Crippen molar-refractivity contribution in [3.63, 3.8) is 0 Å². The van der Waals surface area contributed by atoms with E-state index in [0.717, 1.165) is 12.5 Å². The van der Waals surface area contributed by atoms with Crippen LogP contribution in [0.1, 0.15) is 47.0 Å². The molecule has 0 saturated carbocycles. The fourth-order valence-electron chi connectivity index (χ4n) is 1.96. The number of hydrogen-bond donors (Lipinski definition) is 0.